The lowest BCUT2D eigenvalue weighted by molar-refractivity contribution is 0.443. The maximum absolute atomic E-state index is 9.80. The molecule has 0 bridgehead atoms. The summed E-state index contributed by atoms with van der Waals surface area (Å²) in [5.74, 6) is 0.284. The van der Waals surface area contributed by atoms with E-state index in [9.17, 15) is 40.9 Å². The maximum Gasteiger partial charge on any atom is 0.130 e. The first kappa shape index (κ1) is 29.5. The number of hydrogen-bond donors (Lipinski definition) is 8. The molecule has 0 spiro atoms. The third kappa shape index (κ3) is 5.42. The summed E-state index contributed by atoms with van der Waals surface area (Å²) in [7, 11) is 0. The summed E-state index contributed by atoms with van der Waals surface area (Å²) in [6, 6.07) is 20.1. The second-order valence-electron chi connectivity index (χ2n) is 10.1. The van der Waals surface area contributed by atoms with Gasteiger partial charge in [-0.1, -0.05) is 48.5 Å². The van der Waals surface area contributed by atoms with Crippen molar-refractivity contribution >= 4 is 32.3 Å². The van der Waals surface area contributed by atoms with Gasteiger partial charge in [0.2, 0.25) is 0 Å². The van der Waals surface area contributed by atoms with Crippen LogP contribution in [-0.4, -0.2) is 40.9 Å². The Morgan fingerprint density at radius 3 is 1.05 bits per heavy atom. The molecule has 8 N–H and O–H groups in total. The molecule has 6 aromatic carbocycles. The predicted molar refractivity (Wildman–Crippen MR) is 164 cm³/mol. The van der Waals surface area contributed by atoms with E-state index in [1.807, 2.05) is 26.0 Å². The number of hydrogen-bond acceptors (Lipinski definition) is 8. The molecule has 216 valence electrons. The van der Waals surface area contributed by atoms with Crippen LogP contribution in [0.2, 0.25) is 0 Å². The Kier molecular flexibility index (Phi) is 8.10. The van der Waals surface area contributed by atoms with Crippen molar-refractivity contribution in [2.24, 2.45) is 0 Å². The van der Waals surface area contributed by atoms with E-state index in [4.69, 9.17) is 0 Å². The minimum absolute atomic E-state index is 0.0700. The minimum atomic E-state index is -0.165. The molecule has 42 heavy (non-hydrogen) atoms. The van der Waals surface area contributed by atoms with Crippen molar-refractivity contribution in [2.45, 2.75) is 27.7 Å². The molecule has 0 heterocycles. The fourth-order valence-corrected chi connectivity index (χ4v) is 4.69. The molecule has 0 saturated carbocycles. The van der Waals surface area contributed by atoms with Crippen LogP contribution in [0.5, 0.6) is 46.0 Å². The fourth-order valence-electron chi connectivity index (χ4n) is 4.69. The molecular weight excluding hydrogens is 536 g/mol. The molecule has 8 heteroatoms. The van der Waals surface area contributed by atoms with Crippen LogP contribution in [0.1, 0.15) is 22.3 Å². The number of aryl methyl sites for hydroxylation is 4. The number of fused-ring (bicyclic) bond motifs is 3. The topological polar surface area (TPSA) is 162 Å². The highest BCUT2D eigenvalue weighted by molar-refractivity contribution is 6.03. The fraction of sp³-hybridized carbons (Fsp3) is 0.118. The molecule has 8 nitrogen and oxygen atoms in total. The van der Waals surface area contributed by atoms with Gasteiger partial charge < -0.3 is 40.9 Å². The Bertz CT molecular complexity index is 1820. The van der Waals surface area contributed by atoms with Crippen molar-refractivity contribution in [3.05, 3.63) is 95.1 Å². The molecule has 0 saturated heterocycles. The normalized spacial score (nSPS) is 10.7. The van der Waals surface area contributed by atoms with Gasteiger partial charge in [0.05, 0.1) is 10.8 Å². The van der Waals surface area contributed by atoms with E-state index in [2.05, 4.69) is 0 Å². The van der Waals surface area contributed by atoms with Crippen molar-refractivity contribution in [3.63, 3.8) is 0 Å². The standard InChI is InChI=1S/C12H12O4.C12H12O2.C10H8O2/c1-5-3-7(13)10-9(11(5)15)8(14)4-6(2)12(10)16;1-7-3-5-10-9(11(7)13)6-4-8(2)12(10)14;11-9-5-1-3-7-8(9)4-2-6-10(7)12/h3-4,13-16H,1-2H3;3-6,13-14H,1-2H3;1-6,11-12H. The summed E-state index contributed by atoms with van der Waals surface area (Å²) in [6.45, 7) is 6.88. The maximum atomic E-state index is 9.80. The first-order valence-electron chi connectivity index (χ1n) is 13.0. The summed E-state index contributed by atoms with van der Waals surface area (Å²) in [5, 5.41) is 80.2. The highest BCUT2D eigenvalue weighted by atomic mass is 16.3. The molecule has 0 amide bonds. The summed E-state index contributed by atoms with van der Waals surface area (Å²) in [4.78, 5) is 0. The highest BCUT2D eigenvalue weighted by Gasteiger charge is 2.17. The van der Waals surface area contributed by atoms with Gasteiger partial charge in [-0.3, -0.25) is 0 Å². The van der Waals surface area contributed by atoms with Crippen molar-refractivity contribution in [2.75, 3.05) is 0 Å². The molecule has 0 atom stereocenters. The molecular formula is C34H32O8. The molecule has 0 aliphatic heterocycles. The van der Waals surface area contributed by atoms with Crippen molar-refractivity contribution in [1.29, 1.82) is 0 Å². The molecule has 0 radical (unpaired) electrons. The van der Waals surface area contributed by atoms with Crippen LogP contribution in [0.15, 0.2) is 72.8 Å². The van der Waals surface area contributed by atoms with Gasteiger partial charge in [0.25, 0.3) is 0 Å². The van der Waals surface area contributed by atoms with Crippen LogP contribution >= 0.6 is 0 Å². The van der Waals surface area contributed by atoms with E-state index in [1.54, 1.807) is 62.4 Å². The van der Waals surface area contributed by atoms with Gasteiger partial charge in [-0.25, -0.2) is 0 Å². The molecule has 0 aliphatic carbocycles. The third-order valence-corrected chi connectivity index (χ3v) is 7.11. The van der Waals surface area contributed by atoms with E-state index in [0.29, 0.717) is 32.7 Å². The smallest absolute Gasteiger partial charge is 0.130 e. The average Bonchev–Trinajstić information content (AvgIpc) is 2.95. The van der Waals surface area contributed by atoms with Crippen molar-refractivity contribution < 1.29 is 40.9 Å². The molecule has 6 aromatic rings. The van der Waals surface area contributed by atoms with Gasteiger partial charge in [0, 0.05) is 21.5 Å². The Balaban J connectivity index is 0.000000146. The van der Waals surface area contributed by atoms with Crippen LogP contribution in [0, 0.1) is 27.7 Å². The van der Waals surface area contributed by atoms with Gasteiger partial charge in [0.1, 0.15) is 46.0 Å². The third-order valence-electron chi connectivity index (χ3n) is 7.11. The molecule has 0 aromatic heterocycles. The Hall–Kier alpha value is -5.50. The average molecular weight is 569 g/mol. The van der Waals surface area contributed by atoms with E-state index in [-0.39, 0.29) is 56.8 Å². The van der Waals surface area contributed by atoms with Gasteiger partial charge in [-0.2, -0.15) is 0 Å². The summed E-state index contributed by atoms with van der Waals surface area (Å²) in [5.41, 5.74) is 2.51. The Morgan fingerprint density at radius 2 is 0.690 bits per heavy atom. The monoisotopic (exact) mass is 568 g/mol. The minimum Gasteiger partial charge on any atom is -0.507 e. The lowest BCUT2D eigenvalue weighted by Gasteiger charge is -2.11. The molecule has 0 aliphatic rings. The zero-order chi connectivity index (χ0) is 30.9. The first-order chi connectivity index (χ1) is 19.8. The number of benzene rings is 6. The van der Waals surface area contributed by atoms with E-state index in [0.717, 1.165) is 11.1 Å². The van der Waals surface area contributed by atoms with Crippen LogP contribution in [0.3, 0.4) is 0 Å². The Morgan fingerprint density at radius 1 is 0.333 bits per heavy atom. The Labute approximate surface area is 241 Å². The second kappa shape index (κ2) is 11.5. The highest BCUT2D eigenvalue weighted by Crippen LogP contribution is 2.46. The number of phenolic OH excluding ortho intramolecular Hbond substituents is 8. The second-order valence-corrected chi connectivity index (χ2v) is 10.1. The van der Waals surface area contributed by atoms with Crippen LogP contribution in [-0.2, 0) is 0 Å². The SMILES string of the molecule is Cc1cc(O)c2c(O)c(C)cc(O)c2c1O.Cc1ccc2c(O)c(C)ccc2c1O.Oc1cccc2c(O)cccc12. The van der Waals surface area contributed by atoms with Gasteiger partial charge in [-0.05, 0) is 74.2 Å². The summed E-state index contributed by atoms with van der Waals surface area (Å²) >= 11 is 0. The lowest BCUT2D eigenvalue weighted by atomic mass is 10.0. The van der Waals surface area contributed by atoms with E-state index in [1.165, 1.54) is 12.1 Å². The van der Waals surface area contributed by atoms with Crippen molar-refractivity contribution in [1.82, 2.24) is 0 Å². The summed E-state index contributed by atoms with van der Waals surface area (Å²) < 4.78 is 0. The quantitative estimate of drug-likeness (QED) is 0.0879. The van der Waals surface area contributed by atoms with Gasteiger partial charge in [0.15, 0.2) is 0 Å². The predicted octanol–water partition coefficient (Wildman–Crippen LogP) is 7.40. The van der Waals surface area contributed by atoms with Crippen LogP contribution < -0.4 is 0 Å². The summed E-state index contributed by atoms with van der Waals surface area (Å²) in [6.07, 6.45) is 0. The van der Waals surface area contributed by atoms with Gasteiger partial charge >= 0.3 is 0 Å². The zero-order valence-corrected chi connectivity index (χ0v) is 23.5. The molecule has 0 unspecified atom stereocenters. The van der Waals surface area contributed by atoms with Crippen molar-refractivity contribution in [3.8, 4) is 46.0 Å². The number of aromatic hydroxyl groups is 8. The van der Waals surface area contributed by atoms with Crippen LogP contribution in [0.4, 0.5) is 0 Å². The largest absolute Gasteiger partial charge is 0.507 e. The zero-order valence-electron chi connectivity index (χ0n) is 23.5. The molecule has 6 rings (SSSR count). The lowest BCUT2D eigenvalue weighted by Crippen LogP contribution is -1.85. The van der Waals surface area contributed by atoms with E-state index < -0.39 is 0 Å². The number of phenols is 8. The molecule has 0 fully saturated rings. The first-order valence-corrected chi connectivity index (χ1v) is 13.0. The van der Waals surface area contributed by atoms with Crippen LogP contribution in [0.25, 0.3) is 32.3 Å². The van der Waals surface area contributed by atoms with E-state index >= 15 is 0 Å². The number of rotatable bonds is 0. The van der Waals surface area contributed by atoms with Gasteiger partial charge in [-0.15, -0.1) is 0 Å².